The summed E-state index contributed by atoms with van der Waals surface area (Å²) in [6, 6.07) is 0. The summed E-state index contributed by atoms with van der Waals surface area (Å²) >= 11 is 0. The number of rotatable bonds is 4. The minimum absolute atomic E-state index is 0.960. The molecule has 0 aliphatic rings. The molecular formula is C16H31N. The van der Waals surface area contributed by atoms with Crippen molar-refractivity contribution >= 4 is 5.71 Å². The predicted octanol–water partition coefficient (Wildman–Crippen LogP) is 5.60. The van der Waals surface area contributed by atoms with E-state index in [1.54, 1.807) is 0 Å². The summed E-state index contributed by atoms with van der Waals surface area (Å²) in [6.07, 6.45) is 6.95. The van der Waals surface area contributed by atoms with Crippen molar-refractivity contribution in [3.8, 4) is 0 Å². The Bertz CT molecular complexity index is 255. The monoisotopic (exact) mass is 237 g/mol. The first-order chi connectivity index (χ1) is 8.21. The van der Waals surface area contributed by atoms with Crippen molar-refractivity contribution in [3.05, 3.63) is 36.0 Å². The third-order valence-corrected chi connectivity index (χ3v) is 1.98. The Kier molecular flexibility index (Phi) is 21.6. The molecule has 0 radical (unpaired) electrons. The lowest BCUT2D eigenvalue weighted by Gasteiger charge is -2.06. The van der Waals surface area contributed by atoms with Gasteiger partial charge in [-0.2, -0.15) is 0 Å². The largest absolute Gasteiger partial charge is 0.292 e. The molecule has 1 nitrogen and oxygen atoms in total. The number of nitrogens with zero attached hydrogens (tertiary/aromatic N) is 1. The molecule has 0 bridgehead atoms. The summed E-state index contributed by atoms with van der Waals surface area (Å²) in [7, 11) is 1.83. The van der Waals surface area contributed by atoms with E-state index in [1.807, 2.05) is 53.8 Å². The van der Waals surface area contributed by atoms with Gasteiger partial charge >= 0.3 is 0 Å². The second-order valence-corrected chi connectivity index (χ2v) is 2.82. The summed E-state index contributed by atoms with van der Waals surface area (Å²) in [5.41, 5.74) is 3.51. The van der Waals surface area contributed by atoms with Gasteiger partial charge in [0.1, 0.15) is 0 Å². The van der Waals surface area contributed by atoms with E-state index in [-0.39, 0.29) is 0 Å². The topological polar surface area (TPSA) is 12.4 Å². The van der Waals surface area contributed by atoms with Crippen LogP contribution in [0.4, 0.5) is 0 Å². The molecule has 17 heavy (non-hydrogen) atoms. The van der Waals surface area contributed by atoms with Gasteiger partial charge < -0.3 is 0 Å². The van der Waals surface area contributed by atoms with Gasteiger partial charge in [0.25, 0.3) is 0 Å². The first-order valence-corrected chi connectivity index (χ1v) is 6.63. The normalized spacial score (nSPS) is 11.9. The van der Waals surface area contributed by atoms with Gasteiger partial charge in [-0.15, -0.1) is 0 Å². The molecule has 0 aliphatic carbocycles. The Hall–Kier alpha value is -1.11. The zero-order valence-electron chi connectivity index (χ0n) is 13.1. The molecule has 0 saturated heterocycles. The fraction of sp³-hybridized carbons (Fsp3) is 0.562. The van der Waals surface area contributed by atoms with Gasteiger partial charge in [0.2, 0.25) is 0 Å². The van der Waals surface area contributed by atoms with E-state index in [4.69, 9.17) is 0 Å². The molecule has 0 atom stereocenters. The van der Waals surface area contributed by atoms with Gasteiger partial charge in [0.15, 0.2) is 0 Å². The van der Waals surface area contributed by atoms with Crippen molar-refractivity contribution in [3.63, 3.8) is 0 Å². The predicted molar refractivity (Wildman–Crippen MR) is 84.1 cm³/mol. The minimum atomic E-state index is 0.960. The maximum Gasteiger partial charge on any atom is 0.0416 e. The molecular weight excluding hydrogens is 206 g/mol. The average molecular weight is 237 g/mol. The standard InChI is InChI=1S/C12H19N.2C2H6/c1-6-9-11(10(4)7-2)12(8-3)13-5;2*1-2/h6-7,9H,2,8H2,1,3-5H3;2*1-2H3/b9-6-,11-10-,13-12?;;. The summed E-state index contributed by atoms with van der Waals surface area (Å²) in [5.74, 6) is 0. The smallest absolute Gasteiger partial charge is 0.0416 e. The minimum Gasteiger partial charge on any atom is -0.292 e. The average Bonchev–Trinajstić information content (AvgIpc) is 2.42. The zero-order chi connectivity index (χ0) is 14.3. The molecule has 0 unspecified atom stereocenters. The molecule has 0 aromatic heterocycles. The van der Waals surface area contributed by atoms with Crippen molar-refractivity contribution < 1.29 is 0 Å². The van der Waals surface area contributed by atoms with E-state index < -0.39 is 0 Å². The van der Waals surface area contributed by atoms with Crippen molar-refractivity contribution in [2.75, 3.05) is 7.05 Å². The lowest BCUT2D eigenvalue weighted by Crippen LogP contribution is -2.01. The second-order valence-electron chi connectivity index (χ2n) is 2.82. The van der Waals surface area contributed by atoms with E-state index in [1.165, 1.54) is 11.1 Å². The quantitative estimate of drug-likeness (QED) is 0.446. The summed E-state index contributed by atoms with van der Waals surface area (Å²) in [4.78, 5) is 4.25. The van der Waals surface area contributed by atoms with Gasteiger partial charge in [-0.3, -0.25) is 4.99 Å². The molecule has 0 spiro atoms. The van der Waals surface area contributed by atoms with Crippen LogP contribution in [0, 0.1) is 0 Å². The maximum atomic E-state index is 4.25. The molecule has 0 heterocycles. The molecule has 1 heteroatoms. The van der Waals surface area contributed by atoms with E-state index in [0.717, 1.165) is 12.1 Å². The van der Waals surface area contributed by atoms with Crippen LogP contribution in [0.25, 0.3) is 0 Å². The van der Waals surface area contributed by atoms with Crippen LogP contribution in [0.5, 0.6) is 0 Å². The maximum absolute atomic E-state index is 4.25. The number of hydrogen-bond acceptors (Lipinski definition) is 1. The van der Waals surface area contributed by atoms with Crippen LogP contribution >= 0.6 is 0 Å². The zero-order valence-corrected chi connectivity index (χ0v) is 13.1. The lowest BCUT2D eigenvalue weighted by molar-refractivity contribution is 1.23. The number of allylic oxidation sites excluding steroid dienone is 5. The highest BCUT2D eigenvalue weighted by Gasteiger charge is 2.02. The molecule has 0 aromatic carbocycles. The second kappa shape index (κ2) is 17.3. The van der Waals surface area contributed by atoms with Gasteiger partial charge in [-0.25, -0.2) is 0 Å². The van der Waals surface area contributed by atoms with Crippen LogP contribution in [0.2, 0.25) is 0 Å². The van der Waals surface area contributed by atoms with E-state index >= 15 is 0 Å². The van der Waals surface area contributed by atoms with E-state index in [2.05, 4.69) is 31.5 Å². The molecule has 0 aliphatic heterocycles. The Labute approximate surface area is 109 Å². The van der Waals surface area contributed by atoms with E-state index in [0.29, 0.717) is 0 Å². The fourth-order valence-corrected chi connectivity index (χ4v) is 1.20. The molecule has 0 rings (SSSR count). The molecule has 0 fully saturated rings. The Morgan fingerprint density at radius 2 is 1.65 bits per heavy atom. The summed E-state index contributed by atoms with van der Waals surface area (Å²) in [5, 5.41) is 0. The molecule has 100 valence electrons. The van der Waals surface area contributed by atoms with Gasteiger partial charge in [-0.1, -0.05) is 59.4 Å². The highest BCUT2D eigenvalue weighted by Crippen LogP contribution is 2.11. The van der Waals surface area contributed by atoms with E-state index in [9.17, 15) is 0 Å². The highest BCUT2D eigenvalue weighted by molar-refractivity contribution is 6.03. The van der Waals surface area contributed by atoms with Crippen LogP contribution in [0.1, 0.15) is 54.9 Å². The third kappa shape index (κ3) is 9.80. The SMILES string of the molecule is C=C/C(C)=C(/C=C\C)C(CC)=NC.CC.CC. The van der Waals surface area contributed by atoms with Crippen LogP contribution in [-0.4, -0.2) is 12.8 Å². The molecule has 0 amide bonds. The van der Waals surface area contributed by atoms with Gasteiger partial charge in [0.05, 0.1) is 0 Å². The third-order valence-electron chi connectivity index (χ3n) is 1.98. The molecule has 0 aromatic rings. The molecule has 0 N–H and O–H groups in total. The van der Waals surface area contributed by atoms with Crippen LogP contribution in [0.3, 0.4) is 0 Å². The highest BCUT2D eigenvalue weighted by atomic mass is 14.7. The van der Waals surface area contributed by atoms with Crippen LogP contribution in [0.15, 0.2) is 40.9 Å². The first-order valence-electron chi connectivity index (χ1n) is 6.63. The van der Waals surface area contributed by atoms with Crippen molar-refractivity contribution in [1.29, 1.82) is 0 Å². The van der Waals surface area contributed by atoms with Crippen molar-refractivity contribution in [2.45, 2.75) is 54.9 Å². The van der Waals surface area contributed by atoms with Gasteiger partial charge in [-0.05, 0) is 31.4 Å². The number of hydrogen-bond donors (Lipinski definition) is 0. The number of aliphatic imine (C=N–C) groups is 1. The van der Waals surface area contributed by atoms with Crippen molar-refractivity contribution in [2.24, 2.45) is 4.99 Å². The first kappa shape index (κ1) is 21.2. The van der Waals surface area contributed by atoms with Gasteiger partial charge in [0, 0.05) is 12.8 Å². The Morgan fingerprint density at radius 1 is 1.18 bits per heavy atom. The van der Waals surface area contributed by atoms with Crippen LogP contribution in [-0.2, 0) is 0 Å². The summed E-state index contributed by atoms with van der Waals surface area (Å²) in [6.45, 7) is 18.0. The Balaban J connectivity index is -0.000000439. The summed E-state index contributed by atoms with van der Waals surface area (Å²) < 4.78 is 0. The fourth-order valence-electron chi connectivity index (χ4n) is 1.20. The molecule has 0 saturated carbocycles. The Morgan fingerprint density at radius 3 is 1.88 bits per heavy atom. The van der Waals surface area contributed by atoms with Crippen molar-refractivity contribution in [1.82, 2.24) is 0 Å². The lowest BCUT2D eigenvalue weighted by atomic mass is 10.0. The van der Waals surface area contributed by atoms with Crippen LogP contribution < -0.4 is 0 Å².